The summed E-state index contributed by atoms with van der Waals surface area (Å²) in [6, 6.07) is 37.4. The predicted molar refractivity (Wildman–Crippen MR) is 124 cm³/mol. The van der Waals surface area contributed by atoms with Crippen molar-refractivity contribution in [1.29, 1.82) is 0 Å². The first-order valence-electron chi connectivity index (χ1n) is 10.0. The second-order valence-corrected chi connectivity index (χ2v) is 7.20. The summed E-state index contributed by atoms with van der Waals surface area (Å²) in [6.07, 6.45) is 0. The highest BCUT2D eigenvalue weighted by Gasteiger charge is 2.13. The standard InChI is InChI=1S/C27H21N3/c1-20-27(29-26-15-9-8-14-25(26)28-20)21-16-18-24(19-17-21)30(22-10-4-2-5-11-22)23-12-6-3-7-13-23/h2-19H,1H3. The van der Waals surface area contributed by atoms with Crippen molar-refractivity contribution < 1.29 is 0 Å². The first-order valence-corrected chi connectivity index (χ1v) is 10.0. The lowest BCUT2D eigenvalue weighted by Gasteiger charge is -2.25. The topological polar surface area (TPSA) is 29.0 Å². The summed E-state index contributed by atoms with van der Waals surface area (Å²) in [5, 5.41) is 0. The minimum absolute atomic E-state index is 0.914. The molecule has 0 bridgehead atoms. The molecule has 3 heteroatoms. The van der Waals surface area contributed by atoms with E-state index in [0.717, 1.165) is 45.0 Å². The van der Waals surface area contributed by atoms with Crippen molar-refractivity contribution in [2.45, 2.75) is 6.92 Å². The number of aromatic nitrogens is 2. The molecule has 0 amide bonds. The van der Waals surface area contributed by atoms with Crippen LogP contribution in [-0.4, -0.2) is 9.97 Å². The van der Waals surface area contributed by atoms with Gasteiger partial charge in [-0.2, -0.15) is 0 Å². The Hall–Kier alpha value is -3.98. The molecule has 0 saturated heterocycles. The van der Waals surface area contributed by atoms with Crippen LogP contribution in [0, 0.1) is 6.92 Å². The quantitative estimate of drug-likeness (QED) is 0.330. The van der Waals surface area contributed by atoms with Crippen LogP contribution in [0.5, 0.6) is 0 Å². The summed E-state index contributed by atoms with van der Waals surface area (Å²) < 4.78 is 0. The highest BCUT2D eigenvalue weighted by atomic mass is 15.1. The normalized spacial score (nSPS) is 10.8. The molecule has 144 valence electrons. The predicted octanol–water partition coefficient (Wildman–Crippen LogP) is 7.08. The zero-order chi connectivity index (χ0) is 20.3. The van der Waals surface area contributed by atoms with E-state index in [1.807, 2.05) is 43.3 Å². The van der Waals surface area contributed by atoms with Gasteiger partial charge >= 0.3 is 0 Å². The smallest absolute Gasteiger partial charge is 0.0922 e. The molecule has 1 heterocycles. The lowest BCUT2D eigenvalue weighted by atomic mass is 10.1. The Morgan fingerprint density at radius 2 is 0.967 bits per heavy atom. The van der Waals surface area contributed by atoms with Gasteiger partial charge in [0, 0.05) is 22.6 Å². The number of benzene rings is 4. The van der Waals surface area contributed by atoms with Gasteiger partial charge in [0.15, 0.2) is 0 Å². The van der Waals surface area contributed by atoms with Crippen LogP contribution in [0.4, 0.5) is 17.1 Å². The fraction of sp³-hybridized carbons (Fsp3) is 0.0370. The Kier molecular flexibility index (Phi) is 4.70. The fourth-order valence-corrected chi connectivity index (χ4v) is 3.73. The maximum Gasteiger partial charge on any atom is 0.0922 e. The third-order valence-corrected chi connectivity index (χ3v) is 5.17. The lowest BCUT2D eigenvalue weighted by Crippen LogP contribution is -2.09. The number of para-hydroxylation sites is 4. The van der Waals surface area contributed by atoms with Gasteiger partial charge in [-0.05, 0) is 55.5 Å². The van der Waals surface area contributed by atoms with Crippen molar-refractivity contribution in [3.63, 3.8) is 0 Å². The molecule has 5 rings (SSSR count). The van der Waals surface area contributed by atoms with E-state index < -0.39 is 0 Å². The summed E-state index contributed by atoms with van der Waals surface area (Å²) in [5.41, 5.74) is 8.11. The van der Waals surface area contributed by atoms with Gasteiger partial charge in [0.1, 0.15) is 0 Å². The van der Waals surface area contributed by atoms with Crippen LogP contribution in [0.1, 0.15) is 5.69 Å². The molecule has 0 unspecified atom stereocenters. The van der Waals surface area contributed by atoms with Crippen LogP contribution in [0.25, 0.3) is 22.3 Å². The molecule has 3 nitrogen and oxygen atoms in total. The maximum atomic E-state index is 4.86. The molecule has 5 aromatic rings. The molecule has 0 atom stereocenters. The van der Waals surface area contributed by atoms with E-state index in [4.69, 9.17) is 9.97 Å². The number of aryl methyl sites for hydroxylation is 1. The maximum absolute atomic E-state index is 4.86. The molecule has 0 fully saturated rings. The summed E-state index contributed by atoms with van der Waals surface area (Å²) in [7, 11) is 0. The van der Waals surface area contributed by atoms with E-state index in [0.29, 0.717) is 0 Å². The van der Waals surface area contributed by atoms with Crippen LogP contribution in [-0.2, 0) is 0 Å². The van der Waals surface area contributed by atoms with Crippen LogP contribution in [0.15, 0.2) is 109 Å². The van der Waals surface area contributed by atoms with Crippen molar-refractivity contribution in [1.82, 2.24) is 9.97 Å². The zero-order valence-electron chi connectivity index (χ0n) is 16.7. The first-order chi connectivity index (χ1) is 14.8. The zero-order valence-corrected chi connectivity index (χ0v) is 16.7. The van der Waals surface area contributed by atoms with E-state index in [1.165, 1.54) is 0 Å². The monoisotopic (exact) mass is 387 g/mol. The third kappa shape index (κ3) is 3.42. The SMILES string of the molecule is Cc1nc2ccccc2nc1-c1ccc(N(c2ccccc2)c2ccccc2)cc1. The van der Waals surface area contributed by atoms with Crippen molar-refractivity contribution in [3.05, 3.63) is 115 Å². The van der Waals surface area contributed by atoms with Gasteiger partial charge < -0.3 is 4.90 Å². The van der Waals surface area contributed by atoms with Crippen molar-refractivity contribution in [3.8, 4) is 11.3 Å². The second kappa shape index (κ2) is 7.80. The van der Waals surface area contributed by atoms with Gasteiger partial charge in [-0.1, -0.05) is 60.7 Å². The average molecular weight is 387 g/mol. The number of hydrogen-bond donors (Lipinski definition) is 0. The Balaban J connectivity index is 1.57. The Morgan fingerprint density at radius 3 is 1.53 bits per heavy atom. The number of anilines is 3. The van der Waals surface area contributed by atoms with Crippen LogP contribution in [0.3, 0.4) is 0 Å². The third-order valence-electron chi connectivity index (χ3n) is 5.17. The Morgan fingerprint density at radius 1 is 0.500 bits per heavy atom. The molecule has 0 aliphatic carbocycles. The van der Waals surface area contributed by atoms with Crippen molar-refractivity contribution >= 4 is 28.1 Å². The van der Waals surface area contributed by atoms with Crippen LogP contribution >= 0.6 is 0 Å². The molecule has 0 spiro atoms. The fourth-order valence-electron chi connectivity index (χ4n) is 3.73. The highest BCUT2D eigenvalue weighted by Crippen LogP contribution is 2.35. The number of hydrogen-bond acceptors (Lipinski definition) is 3. The molecular weight excluding hydrogens is 366 g/mol. The van der Waals surface area contributed by atoms with Crippen LogP contribution in [0.2, 0.25) is 0 Å². The van der Waals surface area contributed by atoms with Gasteiger partial charge in [0.05, 0.1) is 22.4 Å². The van der Waals surface area contributed by atoms with Crippen LogP contribution < -0.4 is 4.90 Å². The Labute approximate surface area is 176 Å². The average Bonchev–Trinajstić information content (AvgIpc) is 2.81. The molecular formula is C27H21N3. The molecule has 0 aliphatic rings. The second-order valence-electron chi connectivity index (χ2n) is 7.20. The Bertz CT molecular complexity index is 1240. The minimum atomic E-state index is 0.914. The number of fused-ring (bicyclic) bond motifs is 1. The molecule has 1 aromatic heterocycles. The number of nitrogens with zero attached hydrogens (tertiary/aromatic N) is 3. The molecule has 4 aromatic carbocycles. The summed E-state index contributed by atoms with van der Waals surface area (Å²) >= 11 is 0. The molecule has 30 heavy (non-hydrogen) atoms. The van der Waals surface area contributed by atoms with E-state index >= 15 is 0 Å². The molecule has 0 saturated carbocycles. The van der Waals surface area contributed by atoms with Gasteiger partial charge in [-0.25, -0.2) is 9.97 Å². The van der Waals surface area contributed by atoms with E-state index in [9.17, 15) is 0 Å². The molecule has 0 radical (unpaired) electrons. The highest BCUT2D eigenvalue weighted by molar-refractivity contribution is 5.80. The van der Waals surface area contributed by atoms with Gasteiger partial charge in [-0.3, -0.25) is 0 Å². The van der Waals surface area contributed by atoms with Gasteiger partial charge in [-0.15, -0.1) is 0 Å². The summed E-state index contributed by atoms with van der Waals surface area (Å²) in [6.45, 7) is 2.02. The lowest BCUT2D eigenvalue weighted by molar-refractivity contribution is 1.19. The first kappa shape index (κ1) is 18.1. The van der Waals surface area contributed by atoms with E-state index in [2.05, 4.69) is 77.7 Å². The molecule has 0 N–H and O–H groups in total. The molecule has 0 aliphatic heterocycles. The summed E-state index contributed by atoms with van der Waals surface area (Å²) in [4.78, 5) is 11.8. The van der Waals surface area contributed by atoms with E-state index in [-0.39, 0.29) is 0 Å². The van der Waals surface area contributed by atoms with Gasteiger partial charge in [0.25, 0.3) is 0 Å². The van der Waals surface area contributed by atoms with Crippen molar-refractivity contribution in [2.24, 2.45) is 0 Å². The minimum Gasteiger partial charge on any atom is -0.311 e. The van der Waals surface area contributed by atoms with Gasteiger partial charge in [0.2, 0.25) is 0 Å². The summed E-state index contributed by atoms with van der Waals surface area (Å²) in [5.74, 6) is 0. The van der Waals surface area contributed by atoms with E-state index in [1.54, 1.807) is 0 Å². The van der Waals surface area contributed by atoms with Crippen molar-refractivity contribution in [2.75, 3.05) is 4.90 Å². The number of rotatable bonds is 4. The largest absolute Gasteiger partial charge is 0.311 e.